The highest BCUT2D eigenvalue weighted by molar-refractivity contribution is 7.99. The lowest BCUT2D eigenvalue weighted by atomic mass is 10.2. The zero-order chi connectivity index (χ0) is 21.7. The largest absolute Gasteiger partial charge is 0.372 e. The van der Waals surface area contributed by atoms with Gasteiger partial charge in [0.1, 0.15) is 0 Å². The molecule has 1 heterocycles. The van der Waals surface area contributed by atoms with E-state index in [1.54, 1.807) is 18.2 Å². The fourth-order valence-corrected chi connectivity index (χ4v) is 3.93. The van der Waals surface area contributed by atoms with Gasteiger partial charge >= 0.3 is 0 Å². The van der Waals surface area contributed by atoms with Crippen LogP contribution in [-0.4, -0.2) is 39.6 Å². The summed E-state index contributed by atoms with van der Waals surface area (Å²) in [6.07, 6.45) is 0. The lowest BCUT2D eigenvalue weighted by Gasteiger charge is -2.21. The van der Waals surface area contributed by atoms with Gasteiger partial charge in [-0.1, -0.05) is 35.0 Å². The molecule has 0 radical (unpaired) electrons. The van der Waals surface area contributed by atoms with E-state index in [9.17, 15) is 4.79 Å². The van der Waals surface area contributed by atoms with Crippen molar-refractivity contribution < 1.29 is 4.79 Å². The Labute approximate surface area is 189 Å². The molecule has 1 aromatic heterocycles. The van der Waals surface area contributed by atoms with Crippen molar-refractivity contribution in [3.63, 3.8) is 0 Å². The van der Waals surface area contributed by atoms with Crippen molar-refractivity contribution in [2.24, 2.45) is 0 Å². The molecule has 7 nitrogen and oxygen atoms in total. The number of carbonyl (C=O) groups excluding carboxylic acids is 1. The van der Waals surface area contributed by atoms with E-state index >= 15 is 0 Å². The van der Waals surface area contributed by atoms with Gasteiger partial charge < -0.3 is 16.1 Å². The van der Waals surface area contributed by atoms with Crippen LogP contribution in [0.3, 0.4) is 0 Å². The molecule has 1 amide bonds. The predicted octanol–water partition coefficient (Wildman–Crippen LogP) is 4.54. The number of nitrogens with one attached hydrogen (secondary N) is 1. The molecular formula is C20H22Cl2N6OS. The summed E-state index contributed by atoms with van der Waals surface area (Å²) in [5.74, 6) is 6.44. The van der Waals surface area contributed by atoms with Gasteiger partial charge in [-0.15, -0.1) is 10.2 Å². The van der Waals surface area contributed by atoms with Gasteiger partial charge in [-0.2, -0.15) is 0 Å². The van der Waals surface area contributed by atoms with Crippen LogP contribution in [0.2, 0.25) is 10.0 Å². The molecule has 0 bridgehead atoms. The van der Waals surface area contributed by atoms with Crippen LogP contribution in [0.5, 0.6) is 0 Å². The van der Waals surface area contributed by atoms with Gasteiger partial charge in [0.2, 0.25) is 11.1 Å². The number of anilines is 2. The molecule has 0 fully saturated rings. The Bertz CT molecular complexity index is 1020. The summed E-state index contributed by atoms with van der Waals surface area (Å²) in [4.78, 5) is 14.6. The standard InChI is InChI=1S/C20H22Cl2N6OS/c1-3-27(4-2)15-8-6-14(7-9-15)24-18(29)12-30-20-26-25-19(28(20)23)16-11-13(21)5-10-17(16)22/h5-11H,3-4,12,23H2,1-2H3,(H,24,29). The molecule has 0 aliphatic heterocycles. The normalized spacial score (nSPS) is 10.8. The number of benzene rings is 2. The number of carbonyl (C=O) groups is 1. The Morgan fingerprint density at radius 1 is 1.13 bits per heavy atom. The third kappa shape index (κ3) is 5.19. The Balaban J connectivity index is 1.61. The van der Waals surface area contributed by atoms with Crippen molar-refractivity contribution in [1.82, 2.24) is 14.9 Å². The molecule has 0 saturated heterocycles. The first-order chi connectivity index (χ1) is 14.4. The van der Waals surface area contributed by atoms with Crippen LogP contribution in [0.15, 0.2) is 47.6 Å². The summed E-state index contributed by atoms with van der Waals surface area (Å²) in [6.45, 7) is 6.08. The lowest BCUT2D eigenvalue weighted by molar-refractivity contribution is -0.113. The number of hydrogen-bond donors (Lipinski definition) is 2. The molecule has 3 rings (SSSR count). The number of nitrogen functional groups attached to an aromatic ring is 1. The molecule has 30 heavy (non-hydrogen) atoms. The average Bonchev–Trinajstić information content (AvgIpc) is 3.10. The highest BCUT2D eigenvalue weighted by Gasteiger charge is 2.16. The van der Waals surface area contributed by atoms with E-state index in [1.807, 2.05) is 24.3 Å². The maximum atomic E-state index is 12.3. The van der Waals surface area contributed by atoms with Crippen LogP contribution in [0.4, 0.5) is 11.4 Å². The minimum Gasteiger partial charge on any atom is -0.372 e. The minimum absolute atomic E-state index is 0.135. The monoisotopic (exact) mass is 464 g/mol. The van der Waals surface area contributed by atoms with Gasteiger partial charge in [0, 0.05) is 35.1 Å². The highest BCUT2D eigenvalue weighted by Crippen LogP contribution is 2.30. The van der Waals surface area contributed by atoms with Gasteiger partial charge in [-0.3, -0.25) is 4.79 Å². The smallest absolute Gasteiger partial charge is 0.234 e. The van der Waals surface area contributed by atoms with Crippen molar-refractivity contribution in [3.05, 3.63) is 52.5 Å². The average molecular weight is 465 g/mol. The zero-order valence-electron chi connectivity index (χ0n) is 16.6. The van der Waals surface area contributed by atoms with E-state index in [0.29, 0.717) is 26.6 Å². The van der Waals surface area contributed by atoms with Crippen LogP contribution in [0.1, 0.15) is 13.8 Å². The summed E-state index contributed by atoms with van der Waals surface area (Å²) in [5, 5.41) is 12.4. The second kappa shape index (κ2) is 10.1. The van der Waals surface area contributed by atoms with E-state index in [4.69, 9.17) is 29.0 Å². The van der Waals surface area contributed by atoms with E-state index in [1.165, 1.54) is 16.4 Å². The minimum atomic E-state index is -0.166. The number of rotatable bonds is 8. The number of amides is 1. The van der Waals surface area contributed by atoms with Crippen LogP contribution < -0.4 is 16.1 Å². The Morgan fingerprint density at radius 2 is 1.83 bits per heavy atom. The summed E-state index contributed by atoms with van der Waals surface area (Å²) < 4.78 is 1.30. The molecule has 0 unspecified atom stereocenters. The molecule has 2 aromatic carbocycles. The fourth-order valence-electron chi connectivity index (χ4n) is 2.90. The second-order valence-electron chi connectivity index (χ2n) is 6.36. The number of nitrogens with two attached hydrogens (primary N) is 1. The topological polar surface area (TPSA) is 89.1 Å². The molecule has 158 valence electrons. The maximum absolute atomic E-state index is 12.3. The molecule has 10 heteroatoms. The summed E-state index contributed by atoms with van der Waals surface area (Å²) >= 11 is 13.4. The van der Waals surface area contributed by atoms with Crippen LogP contribution in [-0.2, 0) is 4.79 Å². The van der Waals surface area contributed by atoms with Crippen molar-refractivity contribution in [2.45, 2.75) is 19.0 Å². The third-order valence-electron chi connectivity index (χ3n) is 4.45. The Morgan fingerprint density at radius 3 is 2.50 bits per heavy atom. The third-order valence-corrected chi connectivity index (χ3v) is 5.95. The van der Waals surface area contributed by atoms with E-state index in [-0.39, 0.29) is 11.7 Å². The summed E-state index contributed by atoms with van der Waals surface area (Å²) in [6, 6.07) is 12.8. The summed E-state index contributed by atoms with van der Waals surface area (Å²) in [5.41, 5.74) is 2.43. The first kappa shape index (κ1) is 22.3. The van der Waals surface area contributed by atoms with Gasteiger partial charge in [-0.25, -0.2) is 4.68 Å². The van der Waals surface area contributed by atoms with Gasteiger partial charge in [-0.05, 0) is 56.3 Å². The highest BCUT2D eigenvalue weighted by atomic mass is 35.5. The van der Waals surface area contributed by atoms with Crippen LogP contribution in [0.25, 0.3) is 11.4 Å². The van der Waals surface area contributed by atoms with E-state index in [2.05, 4.69) is 34.3 Å². The Kier molecular flexibility index (Phi) is 7.47. The summed E-state index contributed by atoms with van der Waals surface area (Å²) in [7, 11) is 0. The van der Waals surface area contributed by atoms with Crippen molar-refractivity contribution >= 4 is 52.2 Å². The van der Waals surface area contributed by atoms with E-state index in [0.717, 1.165) is 24.5 Å². The van der Waals surface area contributed by atoms with Crippen molar-refractivity contribution in [1.29, 1.82) is 0 Å². The van der Waals surface area contributed by atoms with Gasteiger partial charge in [0.15, 0.2) is 5.82 Å². The van der Waals surface area contributed by atoms with Crippen molar-refractivity contribution in [3.8, 4) is 11.4 Å². The van der Waals surface area contributed by atoms with Crippen molar-refractivity contribution in [2.75, 3.05) is 34.9 Å². The fraction of sp³-hybridized carbons (Fsp3) is 0.250. The Hall–Kier alpha value is -2.42. The second-order valence-corrected chi connectivity index (χ2v) is 8.14. The number of hydrogen-bond acceptors (Lipinski definition) is 6. The van der Waals surface area contributed by atoms with Gasteiger partial charge in [0.25, 0.3) is 0 Å². The van der Waals surface area contributed by atoms with Gasteiger partial charge in [0.05, 0.1) is 10.8 Å². The van der Waals surface area contributed by atoms with E-state index < -0.39 is 0 Å². The van der Waals surface area contributed by atoms with Crippen LogP contribution in [0, 0.1) is 0 Å². The number of halogens is 2. The molecule has 0 atom stereocenters. The first-order valence-electron chi connectivity index (χ1n) is 9.36. The maximum Gasteiger partial charge on any atom is 0.234 e. The van der Waals surface area contributed by atoms with Crippen LogP contribution >= 0.6 is 35.0 Å². The molecule has 0 spiro atoms. The number of nitrogens with zero attached hydrogens (tertiary/aromatic N) is 4. The predicted molar refractivity (Wildman–Crippen MR) is 125 cm³/mol. The number of thioether (sulfide) groups is 1. The molecular weight excluding hydrogens is 443 g/mol. The SMILES string of the molecule is CCN(CC)c1ccc(NC(=O)CSc2nnc(-c3cc(Cl)ccc3Cl)n2N)cc1. The zero-order valence-corrected chi connectivity index (χ0v) is 18.9. The molecule has 3 N–H and O–H groups in total. The molecule has 0 saturated carbocycles. The number of aromatic nitrogens is 3. The molecule has 0 aliphatic rings. The molecule has 3 aromatic rings. The quantitative estimate of drug-likeness (QED) is 0.375. The molecule has 0 aliphatic carbocycles. The lowest BCUT2D eigenvalue weighted by Crippen LogP contribution is -2.21. The first-order valence-corrected chi connectivity index (χ1v) is 11.1.